The van der Waals surface area contributed by atoms with Crippen LogP contribution in [-0.2, 0) is 31.0 Å². The number of pyridine rings is 1. The third kappa shape index (κ3) is 8.26. The van der Waals surface area contributed by atoms with Gasteiger partial charge in [0.25, 0.3) is 0 Å². The Morgan fingerprint density at radius 3 is 2.43 bits per heavy atom. The quantitative estimate of drug-likeness (QED) is 0.102. The maximum atomic E-state index is 11.6. The number of benzene rings is 4. The molecule has 1 atom stereocenters. The molecule has 12 heteroatoms. The molecule has 4 aromatic carbocycles. The first kappa shape index (κ1) is 37.1. The Kier molecular flexibility index (Phi) is 11.5. The average molecular weight is 762 g/mol. The molecule has 3 heterocycles. The van der Waals surface area contributed by atoms with Crippen LogP contribution in [0, 0.1) is 11.3 Å². The topological polar surface area (TPSA) is 137 Å². The fourth-order valence-corrected chi connectivity index (χ4v) is 7.44. The van der Waals surface area contributed by atoms with Crippen molar-refractivity contribution in [1.29, 1.82) is 5.26 Å². The van der Waals surface area contributed by atoms with Crippen LogP contribution in [0.2, 0.25) is 10.0 Å². The van der Waals surface area contributed by atoms with Gasteiger partial charge in [-0.1, -0.05) is 77.8 Å². The van der Waals surface area contributed by atoms with Gasteiger partial charge in [-0.05, 0) is 72.5 Å². The second-order valence-corrected chi connectivity index (χ2v) is 14.2. The van der Waals surface area contributed by atoms with Crippen LogP contribution in [0.3, 0.4) is 0 Å². The average Bonchev–Trinajstić information content (AvgIpc) is 3.86. The van der Waals surface area contributed by atoms with Gasteiger partial charge in [0.15, 0.2) is 0 Å². The van der Waals surface area contributed by atoms with Crippen LogP contribution < -0.4 is 10.1 Å². The number of aromatic nitrogens is 3. The van der Waals surface area contributed by atoms with Crippen LogP contribution >= 0.6 is 23.2 Å². The number of likely N-dealkylation sites (tertiary alicyclic amines) is 1. The predicted molar refractivity (Wildman–Crippen MR) is 209 cm³/mol. The van der Waals surface area contributed by atoms with Crippen LogP contribution in [0.25, 0.3) is 33.2 Å². The summed E-state index contributed by atoms with van der Waals surface area (Å²) in [5.74, 6) is -0.724. The van der Waals surface area contributed by atoms with E-state index in [2.05, 4.69) is 45.5 Å². The monoisotopic (exact) mass is 760 g/mol. The van der Waals surface area contributed by atoms with Gasteiger partial charge >= 0.3 is 5.97 Å². The molecule has 0 amide bonds. The third-order valence-electron chi connectivity index (χ3n) is 9.73. The fourth-order valence-electron chi connectivity index (χ4n) is 6.86. The summed E-state index contributed by atoms with van der Waals surface area (Å²) in [7, 11) is 0. The van der Waals surface area contributed by atoms with E-state index < -0.39 is 18.6 Å². The number of hydrogen-bond acceptors (Lipinski definition) is 8. The maximum Gasteiger partial charge on any atom is 0.323 e. The lowest BCUT2D eigenvalue weighted by Crippen LogP contribution is -2.39. The van der Waals surface area contributed by atoms with Gasteiger partial charge in [0.2, 0.25) is 0 Å². The number of rotatable bonds is 14. The van der Waals surface area contributed by atoms with Crippen molar-refractivity contribution < 1.29 is 19.7 Å². The summed E-state index contributed by atoms with van der Waals surface area (Å²) in [6, 6.07) is 27.0. The van der Waals surface area contributed by atoms with E-state index in [1.807, 2.05) is 53.3 Å². The van der Waals surface area contributed by atoms with E-state index in [4.69, 9.17) is 33.0 Å². The molecule has 2 aromatic heterocycles. The van der Waals surface area contributed by atoms with Crippen molar-refractivity contribution in [3.8, 4) is 34.1 Å². The number of nitriles is 1. The number of aliphatic hydroxyl groups excluding tert-OH is 1. The molecular weight excluding hydrogens is 723 g/mol. The minimum absolute atomic E-state index is 0.0694. The zero-order valence-corrected chi connectivity index (χ0v) is 30.9. The summed E-state index contributed by atoms with van der Waals surface area (Å²) >= 11 is 14.0. The Balaban J connectivity index is 1.16. The van der Waals surface area contributed by atoms with Gasteiger partial charge in [0, 0.05) is 58.1 Å². The van der Waals surface area contributed by atoms with Gasteiger partial charge in [-0.15, -0.1) is 0 Å². The van der Waals surface area contributed by atoms with Gasteiger partial charge in [-0.25, -0.2) is 0 Å². The fraction of sp³-hybridized carbons (Fsp3) is 0.238. The number of nitrogens with one attached hydrogen (secondary N) is 1. The molecule has 1 saturated heterocycles. The van der Waals surface area contributed by atoms with E-state index in [1.165, 1.54) is 24.6 Å². The highest BCUT2D eigenvalue weighted by molar-refractivity contribution is 6.36. The van der Waals surface area contributed by atoms with Crippen molar-refractivity contribution in [3.05, 3.63) is 135 Å². The van der Waals surface area contributed by atoms with Gasteiger partial charge in [0.1, 0.15) is 24.5 Å². The summed E-state index contributed by atoms with van der Waals surface area (Å²) in [6.45, 7) is 3.19. The number of ether oxygens (including phenoxy) is 1. The number of carboxylic acids is 1. The van der Waals surface area contributed by atoms with E-state index in [0.29, 0.717) is 39.0 Å². The Morgan fingerprint density at radius 1 is 0.907 bits per heavy atom. The Hall–Kier alpha value is -5.28. The lowest BCUT2D eigenvalue weighted by molar-refractivity contribution is -0.140. The first-order valence-electron chi connectivity index (χ1n) is 17.7. The molecule has 0 aliphatic carbocycles. The Labute approximate surface area is 323 Å². The zero-order valence-electron chi connectivity index (χ0n) is 29.4. The molecule has 1 aliphatic heterocycles. The number of hydrogen-bond donors (Lipinski definition) is 3. The van der Waals surface area contributed by atoms with Crippen LogP contribution in [0.1, 0.15) is 40.7 Å². The summed E-state index contributed by atoms with van der Waals surface area (Å²) in [5.41, 5.74) is 8.47. The highest BCUT2D eigenvalue weighted by Gasteiger charge is 2.20. The molecule has 1 fully saturated rings. The normalized spacial score (nSPS) is 13.6. The molecular formula is C42H38Cl2N6O4. The molecule has 54 heavy (non-hydrogen) atoms. The first-order chi connectivity index (χ1) is 26.3. The first-order valence-corrected chi connectivity index (χ1v) is 18.5. The largest absolute Gasteiger partial charge is 0.489 e. The van der Waals surface area contributed by atoms with Gasteiger partial charge in [-0.3, -0.25) is 24.7 Å². The summed E-state index contributed by atoms with van der Waals surface area (Å²) in [6.07, 6.45) is 7.46. The zero-order chi connectivity index (χ0) is 37.6. The van der Waals surface area contributed by atoms with Crippen molar-refractivity contribution in [1.82, 2.24) is 25.0 Å². The Morgan fingerprint density at radius 2 is 1.67 bits per heavy atom. The van der Waals surface area contributed by atoms with Crippen molar-refractivity contribution >= 4 is 40.1 Å². The van der Waals surface area contributed by atoms with E-state index in [0.717, 1.165) is 58.4 Å². The number of fused-ring (bicyclic) bond motifs is 1. The molecule has 0 radical (unpaired) electrons. The minimum Gasteiger partial charge on any atom is -0.489 e. The number of halogens is 2. The Bertz CT molecular complexity index is 2330. The van der Waals surface area contributed by atoms with Crippen LogP contribution in [0.15, 0.2) is 97.5 Å². The van der Waals surface area contributed by atoms with Gasteiger partial charge < -0.3 is 14.9 Å². The third-order valence-corrected chi connectivity index (χ3v) is 10.5. The van der Waals surface area contributed by atoms with E-state index >= 15 is 0 Å². The smallest absolute Gasteiger partial charge is 0.323 e. The summed E-state index contributed by atoms with van der Waals surface area (Å²) < 4.78 is 8.09. The molecule has 6 aromatic rings. The molecule has 0 saturated carbocycles. The lowest BCUT2D eigenvalue weighted by atomic mass is 9.96. The highest BCUT2D eigenvalue weighted by atomic mass is 35.5. The SMILES string of the molecule is N#Cc1cncc(COc2cc(Cn3ncc4c(-c5cccc(-c6ccc(CN7CCCC7)cc6)c5Cl)cccc43)c(Cl)cc2CN[C@@H](CO)C(=O)O)c1. The van der Waals surface area contributed by atoms with Crippen LogP contribution in [-0.4, -0.2) is 61.6 Å². The molecule has 0 bridgehead atoms. The number of nitrogens with zero attached hydrogens (tertiary/aromatic N) is 5. The standard InChI is InChI=1S/C42H38Cl2N6O4/c43-37-16-31(21-47-38(25-51)42(52)53)40(54-26-29-15-28(18-45)19-46-20-29)17-32(37)24-50-39-8-4-6-34(36(39)22-48-50)35-7-3-5-33(41(35)44)30-11-9-27(10-12-30)23-49-13-1-2-14-49/h3-12,15-17,19-20,22,38,47,51H,1-2,13-14,21,23-26H2,(H,52,53)/t38-/m0/s1. The van der Waals surface area contributed by atoms with Crippen LogP contribution in [0.5, 0.6) is 5.75 Å². The van der Waals surface area contributed by atoms with Gasteiger partial charge in [0.05, 0.1) is 35.5 Å². The number of aliphatic carboxylic acids is 1. The summed E-state index contributed by atoms with van der Waals surface area (Å²) in [4.78, 5) is 18.2. The van der Waals surface area contributed by atoms with Gasteiger partial charge in [-0.2, -0.15) is 10.4 Å². The number of carboxylic acid groups (broad SMARTS) is 1. The number of aliphatic hydroxyl groups is 1. The van der Waals surface area contributed by atoms with E-state index in [9.17, 15) is 20.3 Å². The second-order valence-electron chi connectivity index (χ2n) is 13.4. The molecule has 1 aliphatic rings. The molecule has 0 unspecified atom stereocenters. The lowest BCUT2D eigenvalue weighted by Gasteiger charge is -2.18. The number of carbonyl (C=O) groups is 1. The minimum atomic E-state index is -1.18. The maximum absolute atomic E-state index is 11.6. The predicted octanol–water partition coefficient (Wildman–Crippen LogP) is 7.70. The molecule has 3 N–H and O–H groups in total. The molecule has 274 valence electrons. The van der Waals surface area contributed by atoms with E-state index in [-0.39, 0.29) is 13.2 Å². The van der Waals surface area contributed by atoms with Crippen molar-refractivity contribution in [3.63, 3.8) is 0 Å². The molecule has 10 nitrogen and oxygen atoms in total. The second kappa shape index (κ2) is 16.8. The van der Waals surface area contributed by atoms with E-state index in [1.54, 1.807) is 18.3 Å². The van der Waals surface area contributed by atoms with Crippen molar-refractivity contribution in [2.45, 2.75) is 45.1 Å². The van der Waals surface area contributed by atoms with Crippen molar-refractivity contribution in [2.75, 3.05) is 19.7 Å². The molecule has 0 spiro atoms. The highest BCUT2D eigenvalue weighted by Crippen LogP contribution is 2.39. The van der Waals surface area contributed by atoms with Crippen molar-refractivity contribution in [2.24, 2.45) is 0 Å². The summed E-state index contributed by atoms with van der Waals surface area (Å²) in [5, 5.41) is 37.9. The van der Waals surface area contributed by atoms with Crippen LogP contribution in [0.4, 0.5) is 0 Å². The molecule has 7 rings (SSSR count).